The van der Waals surface area contributed by atoms with Crippen LogP contribution < -0.4 is 10.6 Å². The van der Waals surface area contributed by atoms with Gasteiger partial charge >= 0.3 is 4.87 Å². The molecular weight excluding hydrogens is 188 g/mol. The summed E-state index contributed by atoms with van der Waals surface area (Å²) in [5.74, 6) is 0.207. The summed E-state index contributed by atoms with van der Waals surface area (Å²) in [6, 6.07) is 1.70. The minimum atomic E-state index is -0.104. The van der Waals surface area contributed by atoms with E-state index in [0.29, 0.717) is 5.69 Å². The zero-order valence-corrected chi connectivity index (χ0v) is 7.34. The third-order valence-electron chi connectivity index (χ3n) is 1.45. The number of H-pyrrole nitrogens is 1. The molecule has 5 nitrogen and oxygen atoms in total. The van der Waals surface area contributed by atoms with Gasteiger partial charge in [0.15, 0.2) is 0 Å². The normalized spacial score (nSPS) is 10.2. The van der Waals surface area contributed by atoms with Crippen LogP contribution in [0.4, 0.5) is 5.95 Å². The molecule has 3 N–H and O–H groups in total. The van der Waals surface area contributed by atoms with E-state index >= 15 is 0 Å². The van der Waals surface area contributed by atoms with Gasteiger partial charge in [-0.3, -0.25) is 4.79 Å². The molecule has 0 fully saturated rings. The summed E-state index contributed by atoms with van der Waals surface area (Å²) in [5.41, 5.74) is 6.06. The number of anilines is 1. The molecule has 0 aliphatic rings. The van der Waals surface area contributed by atoms with Crippen molar-refractivity contribution in [2.45, 2.75) is 0 Å². The van der Waals surface area contributed by atoms with Crippen LogP contribution in [0.5, 0.6) is 0 Å². The fourth-order valence-electron chi connectivity index (χ4n) is 0.921. The second-order valence-electron chi connectivity index (χ2n) is 2.34. The van der Waals surface area contributed by atoms with Crippen LogP contribution in [0.3, 0.4) is 0 Å². The summed E-state index contributed by atoms with van der Waals surface area (Å²) >= 11 is 1.09. The number of aromatic amines is 1. The molecule has 6 heteroatoms. The van der Waals surface area contributed by atoms with Gasteiger partial charge in [0, 0.05) is 12.4 Å². The van der Waals surface area contributed by atoms with Crippen LogP contribution in [0, 0.1) is 0 Å². The molecule has 2 heterocycles. The summed E-state index contributed by atoms with van der Waals surface area (Å²) in [6.45, 7) is 0. The Hall–Kier alpha value is -1.69. The number of rotatable bonds is 1. The first kappa shape index (κ1) is 7.93. The first-order valence-corrected chi connectivity index (χ1v) is 4.35. The zero-order chi connectivity index (χ0) is 9.26. The molecule has 0 aliphatic carbocycles. The largest absolute Gasteiger partial charge is 0.368 e. The van der Waals surface area contributed by atoms with Gasteiger partial charge in [0.2, 0.25) is 5.95 Å². The molecule has 0 aliphatic heterocycles. The van der Waals surface area contributed by atoms with Crippen molar-refractivity contribution in [1.29, 1.82) is 0 Å². The fraction of sp³-hybridized carbons (Fsp3) is 0. The average Bonchev–Trinajstić information content (AvgIpc) is 2.52. The second kappa shape index (κ2) is 2.98. The van der Waals surface area contributed by atoms with Crippen molar-refractivity contribution in [3.63, 3.8) is 0 Å². The van der Waals surface area contributed by atoms with Crippen molar-refractivity contribution in [2.24, 2.45) is 0 Å². The van der Waals surface area contributed by atoms with Crippen LogP contribution in [0.25, 0.3) is 10.6 Å². The third-order valence-corrected chi connectivity index (χ3v) is 2.30. The molecule has 13 heavy (non-hydrogen) atoms. The maximum absolute atomic E-state index is 10.8. The molecule has 2 rings (SSSR count). The molecule has 0 saturated heterocycles. The van der Waals surface area contributed by atoms with E-state index in [2.05, 4.69) is 15.0 Å². The summed E-state index contributed by atoms with van der Waals surface area (Å²) in [7, 11) is 0. The van der Waals surface area contributed by atoms with E-state index < -0.39 is 0 Å². The standard InChI is InChI=1S/C7H6N4OS/c8-6-9-2-1-4(11-6)5-3-10-7(12)13-5/h1-3H,(H,10,12)(H2,8,9,11). The van der Waals surface area contributed by atoms with Crippen LogP contribution in [0.15, 0.2) is 23.3 Å². The van der Waals surface area contributed by atoms with E-state index in [-0.39, 0.29) is 10.8 Å². The van der Waals surface area contributed by atoms with Crippen molar-refractivity contribution in [3.05, 3.63) is 28.1 Å². The quantitative estimate of drug-likeness (QED) is 0.691. The SMILES string of the molecule is Nc1nccc(-c2c[nH]c(=O)s2)n1. The van der Waals surface area contributed by atoms with E-state index in [1.54, 1.807) is 18.5 Å². The van der Waals surface area contributed by atoms with Crippen molar-refractivity contribution in [1.82, 2.24) is 15.0 Å². The number of nitrogens with two attached hydrogens (primary N) is 1. The lowest BCUT2D eigenvalue weighted by Crippen LogP contribution is -1.94. The zero-order valence-electron chi connectivity index (χ0n) is 6.52. The fourth-order valence-corrected chi connectivity index (χ4v) is 1.57. The molecule has 0 atom stereocenters. The lowest BCUT2D eigenvalue weighted by Gasteiger charge is -1.94. The van der Waals surface area contributed by atoms with E-state index in [9.17, 15) is 4.79 Å². The number of nitrogens with zero attached hydrogens (tertiary/aromatic N) is 2. The summed E-state index contributed by atoms with van der Waals surface area (Å²) in [6.07, 6.45) is 3.16. The molecule has 2 aromatic heterocycles. The van der Waals surface area contributed by atoms with Crippen LogP contribution in [0.1, 0.15) is 0 Å². The smallest absolute Gasteiger partial charge is 0.305 e. The predicted octanol–water partition coefficient (Wildman–Crippen LogP) is 0.476. The van der Waals surface area contributed by atoms with Crippen molar-refractivity contribution >= 4 is 17.3 Å². The van der Waals surface area contributed by atoms with E-state index in [0.717, 1.165) is 16.2 Å². The summed E-state index contributed by atoms with van der Waals surface area (Å²) < 4.78 is 0. The number of hydrogen-bond donors (Lipinski definition) is 2. The van der Waals surface area contributed by atoms with Gasteiger partial charge in [-0.1, -0.05) is 11.3 Å². The number of aromatic nitrogens is 3. The van der Waals surface area contributed by atoms with E-state index in [4.69, 9.17) is 5.73 Å². The highest BCUT2D eigenvalue weighted by Gasteiger charge is 2.02. The van der Waals surface area contributed by atoms with E-state index in [1.807, 2.05) is 0 Å². The Labute approximate surface area is 77.3 Å². The van der Waals surface area contributed by atoms with Gasteiger partial charge in [-0.2, -0.15) is 0 Å². The minimum Gasteiger partial charge on any atom is -0.368 e. The Morgan fingerprint density at radius 2 is 2.38 bits per heavy atom. The third kappa shape index (κ3) is 1.57. The maximum Gasteiger partial charge on any atom is 0.305 e. The maximum atomic E-state index is 10.8. The van der Waals surface area contributed by atoms with Gasteiger partial charge in [-0.15, -0.1) is 0 Å². The van der Waals surface area contributed by atoms with Crippen molar-refractivity contribution in [3.8, 4) is 10.6 Å². The van der Waals surface area contributed by atoms with Gasteiger partial charge < -0.3 is 10.7 Å². The Kier molecular flexibility index (Phi) is 1.82. The second-order valence-corrected chi connectivity index (χ2v) is 3.36. The summed E-state index contributed by atoms with van der Waals surface area (Å²) in [5, 5.41) is 0. The van der Waals surface area contributed by atoms with Gasteiger partial charge in [0.05, 0.1) is 10.6 Å². The highest BCUT2D eigenvalue weighted by Crippen LogP contribution is 2.17. The highest BCUT2D eigenvalue weighted by molar-refractivity contribution is 7.12. The monoisotopic (exact) mass is 194 g/mol. The molecule has 0 spiro atoms. The topological polar surface area (TPSA) is 84.7 Å². The molecule has 0 radical (unpaired) electrons. The predicted molar refractivity (Wildman–Crippen MR) is 50.4 cm³/mol. The molecular formula is C7H6N4OS. The lowest BCUT2D eigenvalue weighted by atomic mass is 10.4. The number of nitrogen functional groups attached to an aromatic ring is 1. The first-order valence-electron chi connectivity index (χ1n) is 3.53. The molecule has 66 valence electrons. The molecule has 2 aromatic rings. The number of hydrogen-bond acceptors (Lipinski definition) is 5. The van der Waals surface area contributed by atoms with Gasteiger partial charge in [-0.25, -0.2) is 9.97 Å². The Morgan fingerprint density at radius 3 is 3.00 bits per heavy atom. The molecule has 0 unspecified atom stereocenters. The van der Waals surface area contributed by atoms with Gasteiger partial charge in [-0.05, 0) is 6.07 Å². The van der Waals surface area contributed by atoms with Crippen LogP contribution in [-0.2, 0) is 0 Å². The first-order chi connectivity index (χ1) is 6.25. The van der Waals surface area contributed by atoms with Gasteiger partial charge in [0.25, 0.3) is 0 Å². The molecule has 0 saturated carbocycles. The number of nitrogens with one attached hydrogen (secondary N) is 1. The Morgan fingerprint density at radius 1 is 1.54 bits per heavy atom. The van der Waals surface area contributed by atoms with Crippen molar-refractivity contribution in [2.75, 3.05) is 5.73 Å². The van der Waals surface area contributed by atoms with Crippen LogP contribution >= 0.6 is 11.3 Å². The lowest BCUT2D eigenvalue weighted by molar-refractivity contribution is 1.19. The number of thiazole rings is 1. The highest BCUT2D eigenvalue weighted by atomic mass is 32.1. The van der Waals surface area contributed by atoms with Crippen molar-refractivity contribution < 1.29 is 0 Å². The molecule has 0 aromatic carbocycles. The Bertz CT molecular complexity index is 475. The molecule has 0 bridgehead atoms. The molecule has 0 amide bonds. The van der Waals surface area contributed by atoms with Crippen LogP contribution in [-0.4, -0.2) is 15.0 Å². The average molecular weight is 194 g/mol. The Balaban J connectivity index is 2.52. The van der Waals surface area contributed by atoms with Crippen LogP contribution in [0.2, 0.25) is 0 Å². The minimum absolute atomic E-state index is 0.104. The van der Waals surface area contributed by atoms with Gasteiger partial charge in [0.1, 0.15) is 0 Å². The van der Waals surface area contributed by atoms with E-state index in [1.165, 1.54) is 0 Å². The summed E-state index contributed by atoms with van der Waals surface area (Å²) in [4.78, 5) is 21.8.